The summed E-state index contributed by atoms with van der Waals surface area (Å²) < 4.78 is 0. The van der Waals surface area contributed by atoms with E-state index in [9.17, 15) is 4.79 Å². The van der Waals surface area contributed by atoms with Crippen molar-refractivity contribution in [1.29, 1.82) is 5.41 Å². The van der Waals surface area contributed by atoms with Crippen LogP contribution in [0.15, 0.2) is 23.7 Å². The smallest absolute Gasteiger partial charge is 0.255 e. The van der Waals surface area contributed by atoms with E-state index in [4.69, 9.17) is 5.41 Å². The third-order valence-corrected chi connectivity index (χ3v) is 7.08. The Balaban J connectivity index is 1.44. The van der Waals surface area contributed by atoms with Gasteiger partial charge in [-0.3, -0.25) is 4.79 Å². The number of carbonyl (C=O) groups is 1. The zero-order valence-electron chi connectivity index (χ0n) is 17.4. The van der Waals surface area contributed by atoms with Crippen LogP contribution in [0, 0.1) is 31.1 Å². The number of aryl methyl sites for hydroxylation is 2. The van der Waals surface area contributed by atoms with Crippen LogP contribution >= 0.6 is 22.7 Å². The van der Waals surface area contributed by atoms with Crippen LogP contribution in [0.25, 0.3) is 10.6 Å². The van der Waals surface area contributed by atoms with E-state index in [1.807, 2.05) is 38.0 Å². The van der Waals surface area contributed by atoms with Gasteiger partial charge in [0, 0.05) is 42.2 Å². The predicted octanol–water partition coefficient (Wildman–Crippen LogP) is 4.77. The molecule has 7 nitrogen and oxygen atoms in total. The Labute approximate surface area is 183 Å². The van der Waals surface area contributed by atoms with E-state index in [1.165, 1.54) is 11.3 Å². The Bertz CT molecular complexity index is 1070. The fourth-order valence-electron chi connectivity index (χ4n) is 3.67. The third-order valence-electron chi connectivity index (χ3n) is 5.22. The van der Waals surface area contributed by atoms with Gasteiger partial charge in [-0.15, -0.1) is 22.7 Å². The lowest BCUT2D eigenvalue weighted by Gasteiger charge is -2.35. The van der Waals surface area contributed by atoms with Crippen LogP contribution in [0.2, 0.25) is 0 Å². The van der Waals surface area contributed by atoms with Gasteiger partial charge in [-0.2, -0.15) is 0 Å². The lowest BCUT2D eigenvalue weighted by molar-refractivity contribution is 0.0713. The summed E-state index contributed by atoms with van der Waals surface area (Å²) in [5.41, 5.74) is 3.19. The number of rotatable bonds is 4. The number of piperidine rings is 1. The Hall–Kier alpha value is -2.65. The van der Waals surface area contributed by atoms with E-state index >= 15 is 0 Å². The highest BCUT2D eigenvalue weighted by Gasteiger charge is 2.30. The molecule has 1 amide bonds. The van der Waals surface area contributed by atoms with Crippen molar-refractivity contribution >= 4 is 45.2 Å². The van der Waals surface area contributed by atoms with Crippen LogP contribution in [-0.2, 0) is 0 Å². The number of nitrogens with zero attached hydrogens (tertiary/aromatic N) is 4. The Kier molecular flexibility index (Phi) is 5.66. The topological polar surface area (TPSA) is 94.9 Å². The minimum Gasteiger partial charge on any atom is -0.337 e. The summed E-state index contributed by atoms with van der Waals surface area (Å²) in [5, 5.41) is 15.1. The zero-order valence-corrected chi connectivity index (χ0v) is 19.0. The molecule has 30 heavy (non-hydrogen) atoms. The molecular weight excluding hydrogens is 416 g/mol. The average molecular weight is 441 g/mol. The van der Waals surface area contributed by atoms with Gasteiger partial charge in [-0.05, 0) is 26.0 Å². The van der Waals surface area contributed by atoms with Crippen molar-refractivity contribution in [2.45, 2.75) is 27.7 Å². The average Bonchev–Trinajstić information content (AvgIpc) is 3.31. The van der Waals surface area contributed by atoms with Crippen LogP contribution in [0.5, 0.6) is 0 Å². The normalized spacial score (nSPS) is 19.2. The van der Waals surface area contributed by atoms with Gasteiger partial charge >= 0.3 is 0 Å². The Morgan fingerprint density at radius 2 is 1.93 bits per heavy atom. The lowest BCUT2D eigenvalue weighted by atomic mass is 9.89. The number of amides is 1. The number of nitrogens with one attached hydrogen (secondary N) is 2. The van der Waals surface area contributed by atoms with Gasteiger partial charge < -0.3 is 15.6 Å². The first-order valence-corrected chi connectivity index (χ1v) is 11.5. The monoisotopic (exact) mass is 440 g/mol. The molecule has 0 saturated carbocycles. The summed E-state index contributed by atoms with van der Waals surface area (Å²) >= 11 is 3.15. The number of hydrogen-bond acceptors (Lipinski definition) is 8. The summed E-state index contributed by atoms with van der Waals surface area (Å²) in [6, 6.07) is 3.59. The molecule has 156 valence electrons. The predicted molar refractivity (Wildman–Crippen MR) is 122 cm³/mol. The van der Waals surface area contributed by atoms with Crippen molar-refractivity contribution in [3.63, 3.8) is 0 Å². The van der Waals surface area contributed by atoms with E-state index in [0.29, 0.717) is 24.5 Å². The summed E-state index contributed by atoms with van der Waals surface area (Å²) in [6.07, 6.45) is 1.60. The highest BCUT2D eigenvalue weighted by molar-refractivity contribution is 7.16. The third kappa shape index (κ3) is 4.13. The SMILES string of the molecule is Cc1nc(C)c(-c2csc(Nc3ccc(C(=O)N4C[C@@H](C)C(=N)[C@@H](C)C4)cn3)n2)s1. The van der Waals surface area contributed by atoms with Crippen LogP contribution in [0.1, 0.15) is 34.9 Å². The molecule has 0 aliphatic carbocycles. The largest absolute Gasteiger partial charge is 0.337 e. The fourth-order valence-corrected chi connectivity index (χ4v) is 5.34. The van der Waals surface area contributed by atoms with Crippen molar-refractivity contribution in [2.24, 2.45) is 11.8 Å². The molecule has 0 spiro atoms. The first-order valence-electron chi connectivity index (χ1n) is 9.82. The molecule has 3 aromatic heterocycles. The molecule has 9 heteroatoms. The molecule has 1 saturated heterocycles. The van der Waals surface area contributed by atoms with Gasteiger partial charge in [0.05, 0.1) is 26.8 Å². The van der Waals surface area contributed by atoms with Gasteiger partial charge in [0.1, 0.15) is 5.82 Å². The van der Waals surface area contributed by atoms with Crippen LogP contribution < -0.4 is 5.32 Å². The van der Waals surface area contributed by atoms with Crippen LogP contribution in [-0.4, -0.2) is 44.6 Å². The summed E-state index contributed by atoms with van der Waals surface area (Å²) in [4.78, 5) is 29.3. The molecular formula is C21H24N6OS2. The number of thiazole rings is 2. The van der Waals surface area contributed by atoms with Crippen LogP contribution in [0.4, 0.5) is 10.9 Å². The molecule has 0 radical (unpaired) electrons. The second-order valence-electron chi connectivity index (χ2n) is 7.71. The standard InChI is InChI=1S/C21H24N6OS2/c1-11-8-27(9-12(2)18(11)22)20(28)15-5-6-17(23-7-15)26-21-25-16(10-29-21)19-13(3)24-14(4)30-19/h5-7,10-12,22H,8-9H2,1-4H3,(H,23,25,26)/t11-,12+. The van der Waals surface area contributed by atoms with E-state index in [2.05, 4.69) is 20.3 Å². The quantitative estimate of drug-likeness (QED) is 0.609. The second-order valence-corrected chi connectivity index (χ2v) is 9.77. The minimum atomic E-state index is -0.0344. The van der Waals surface area contributed by atoms with Crippen LogP contribution in [0.3, 0.4) is 0 Å². The van der Waals surface area contributed by atoms with Gasteiger partial charge in [-0.1, -0.05) is 13.8 Å². The molecule has 1 fully saturated rings. The first-order chi connectivity index (χ1) is 14.3. The molecule has 4 heterocycles. The molecule has 0 bridgehead atoms. The van der Waals surface area contributed by atoms with E-state index in [-0.39, 0.29) is 17.7 Å². The summed E-state index contributed by atoms with van der Waals surface area (Å²) in [7, 11) is 0. The van der Waals surface area contributed by atoms with E-state index in [0.717, 1.165) is 32.1 Å². The molecule has 0 unspecified atom stereocenters. The Morgan fingerprint density at radius 3 is 2.53 bits per heavy atom. The molecule has 1 aliphatic rings. The lowest BCUT2D eigenvalue weighted by Crippen LogP contribution is -2.47. The zero-order chi connectivity index (χ0) is 21.4. The van der Waals surface area contributed by atoms with Crippen molar-refractivity contribution in [3.8, 4) is 10.6 Å². The fraction of sp³-hybridized carbons (Fsp3) is 0.381. The van der Waals surface area contributed by atoms with E-state index < -0.39 is 0 Å². The maximum Gasteiger partial charge on any atom is 0.255 e. The van der Waals surface area contributed by atoms with Gasteiger partial charge in [0.25, 0.3) is 5.91 Å². The van der Waals surface area contributed by atoms with Crippen molar-refractivity contribution in [2.75, 3.05) is 18.4 Å². The first kappa shape index (κ1) is 20.6. The molecule has 2 atom stereocenters. The minimum absolute atomic E-state index is 0.0344. The summed E-state index contributed by atoms with van der Waals surface area (Å²) in [6.45, 7) is 9.16. The van der Waals surface area contributed by atoms with Gasteiger partial charge in [-0.25, -0.2) is 15.0 Å². The number of aromatic nitrogens is 3. The summed E-state index contributed by atoms with van der Waals surface area (Å²) in [5.74, 6) is 0.799. The molecule has 1 aliphatic heterocycles. The van der Waals surface area contributed by atoms with Gasteiger partial charge in [0.15, 0.2) is 5.13 Å². The Morgan fingerprint density at radius 1 is 1.20 bits per heavy atom. The number of hydrogen-bond donors (Lipinski definition) is 2. The second kappa shape index (κ2) is 8.23. The number of anilines is 2. The highest BCUT2D eigenvalue weighted by Crippen LogP contribution is 2.32. The number of carbonyl (C=O) groups excluding carboxylic acids is 1. The number of pyridine rings is 1. The van der Waals surface area contributed by atoms with Crippen molar-refractivity contribution < 1.29 is 4.79 Å². The maximum absolute atomic E-state index is 12.8. The maximum atomic E-state index is 12.8. The molecule has 4 rings (SSSR count). The number of likely N-dealkylation sites (tertiary alicyclic amines) is 1. The van der Waals surface area contributed by atoms with E-state index in [1.54, 1.807) is 29.7 Å². The van der Waals surface area contributed by atoms with Crippen molar-refractivity contribution in [3.05, 3.63) is 40.0 Å². The molecule has 3 aromatic rings. The highest BCUT2D eigenvalue weighted by atomic mass is 32.1. The van der Waals surface area contributed by atoms with Crippen molar-refractivity contribution in [1.82, 2.24) is 19.9 Å². The molecule has 2 N–H and O–H groups in total. The molecule has 0 aromatic carbocycles. The van der Waals surface area contributed by atoms with Gasteiger partial charge in [0.2, 0.25) is 0 Å².